The molecular weight excluding hydrogens is 687 g/mol. The van der Waals surface area contributed by atoms with Crippen LogP contribution in [-0.4, -0.2) is 30.5 Å². The highest BCUT2D eigenvalue weighted by Crippen LogP contribution is 2.36. The van der Waals surface area contributed by atoms with Crippen molar-refractivity contribution in [2.75, 3.05) is 20.0 Å². The number of benzene rings is 4. The van der Waals surface area contributed by atoms with E-state index < -0.39 is 12.0 Å². The van der Waals surface area contributed by atoms with Gasteiger partial charge in [-0.15, -0.1) is 11.8 Å². The number of nitrogens with zero attached hydrogens (tertiary/aromatic N) is 2. The maximum atomic E-state index is 14.4. The van der Waals surface area contributed by atoms with Gasteiger partial charge in [0.2, 0.25) is 0 Å². The highest BCUT2D eigenvalue weighted by molar-refractivity contribution is 7.98. The van der Waals surface area contributed by atoms with E-state index in [1.807, 2.05) is 73.0 Å². The molecule has 0 bridgehead atoms. The van der Waals surface area contributed by atoms with Gasteiger partial charge in [-0.1, -0.05) is 95.2 Å². The molecular formula is C37H30Cl2N2O5S2. The van der Waals surface area contributed by atoms with Crippen LogP contribution in [0.1, 0.15) is 35.2 Å². The predicted octanol–water partition coefficient (Wildman–Crippen LogP) is 7.55. The molecule has 0 saturated carbocycles. The van der Waals surface area contributed by atoms with Crippen molar-refractivity contribution in [2.45, 2.75) is 24.5 Å². The lowest BCUT2D eigenvalue weighted by atomic mass is 9.93. The number of rotatable bonds is 10. The van der Waals surface area contributed by atoms with Gasteiger partial charge in [-0.05, 0) is 55.2 Å². The summed E-state index contributed by atoms with van der Waals surface area (Å²) in [5.74, 6) is 0.403. The summed E-state index contributed by atoms with van der Waals surface area (Å²) < 4.78 is 19.5. The Morgan fingerprint density at radius 3 is 2.48 bits per heavy atom. The van der Waals surface area contributed by atoms with E-state index in [1.54, 1.807) is 60.7 Å². The minimum absolute atomic E-state index is 0.147. The summed E-state index contributed by atoms with van der Waals surface area (Å²) in [6, 6.07) is 27.2. The van der Waals surface area contributed by atoms with Crippen LogP contribution in [0.25, 0.3) is 11.8 Å². The maximum Gasteiger partial charge on any atom is 0.338 e. The van der Waals surface area contributed by atoms with E-state index >= 15 is 0 Å². The first-order valence-corrected chi connectivity index (χ1v) is 17.8. The Morgan fingerprint density at radius 1 is 1.02 bits per heavy atom. The fraction of sp³-hybridized carbons (Fsp3) is 0.162. The Hall–Kier alpha value is -4.28. The van der Waals surface area contributed by atoms with Gasteiger partial charge in [0.1, 0.15) is 6.61 Å². The number of carbonyl (C=O) groups excluding carboxylic acids is 1. The minimum Gasteiger partial charge on any atom is -0.493 e. The van der Waals surface area contributed by atoms with Crippen LogP contribution in [0.3, 0.4) is 0 Å². The van der Waals surface area contributed by atoms with Crippen LogP contribution in [0.15, 0.2) is 111 Å². The van der Waals surface area contributed by atoms with Gasteiger partial charge in [-0.25, -0.2) is 9.79 Å². The number of esters is 1. The number of aromatic nitrogens is 1. The van der Waals surface area contributed by atoms with Gasteiger partial charge in [0.15, 0.2) is 16.3 Å². The molecule has 1 aliphatic heterocycles. The topological polar surface area (TPSA) is 79.1 Å². The fourth-order valence-electron chi connectivity index (χ4n) is 5.43. The van der Waals surface area contributed by atoms with Gasteiger partial charge < -0.3 is 14.2 Å². The van der Waals surface area contributed by atoms with Crippen molar-refractivity contribution in [1.82, 2.24) is 4.57 Å². The monoisotopic (exact) mass is 716 g/mol. The molecule has 0 radical (unpaired) electrons. The molecule has 1 aromatic heterocycles. The van der Waals surface area contributed by atoms with Crippen LogP contribution < -0.4 is 24.4 Å². The SMILES string of the molecule is CCOC(=O)C1=C(c2ccccc2)N=c2s/c(=C\c3cccc(OC)c3OCc3ccc(Cl)cc3Cl)c(=O)n2[C@H]1c1ccc(SC)cc1. The van der Waals surface area contributed by atoms with Crippen LogP contribution in [-0.2, 0) is 16.1 Å². The van der Waals surface area contributed by atoms with Crippen molar-refractivity contribution in [3.05, 3.63) is 149 Å². The van der Waals surface area contributed by atoms with E-state index in [9.17, 15) is 9.59 Å². The van der Waals surface area contributed by atoms with E-state index in [0.29, 0.717) is 47.7 Å². The molecule has 7 nitrogen and oxygen atoms in total. The lowest BCUT2D eigenvalue weighted by molar-refractivity contribution is -0.138. The summed E-state index contributed by atoms with van der Waals surface area (Å²) in [5, 5.41) is 1.00. The normalized spacial score (nSPS) is 14.4. The Balaban J connectivity index is 1.54. The first-order valence-electron chi connectivity index (χ1n) is 15.0. The van der Waals surface area contributed by atoms with Crippen LogP contribution in [0.4, 0.5) is 0 Å². The zero-order chi connectivity index (χ0) is 33.8. The molecule has 6 rings (SSSR count). The number of thiazole rings is 1. The summed E-state index contributed by atoms with van der Waals surface area (Å²) in [7, 11) is 1.56. The molecule has 2 heterocycles. The Morgan fingerprint density at radius 2 is 1.79 bits per heavy atom. The Kier molecular flexibility index (Phi) is 10.4. The summed E-state index contributed by atoms with van der Waals surface area (Å²) >= 11 is 15.3. The van der Waals surface area contributed by atoms with Gasteiger partial charge in [-0.3, -0.25) is 9.36 Å². The van der Waals surface area contributed by atoms with Crippen molar-refractivity contribution in [3.63, 3.8) is 0 Å². The van der Waals surface area contributed by atoms with Crippen molar-refractivity contribution in [1.29, 1.82) is 0 Å². The summed E-state index contributed by atoms with van der Waals surface area (Å²) in [5.41, 5.74) is 3.32. The summed E-state index contributed by atoms with van der Waals surface area (Å²) in [6.07, 6.45) is 3.76. The molecule has 48 heavy (non-hydrogen) atoms. The van der Waals surface area contributed by atoms with Crippen LogP contribution in [0.2, 0.25) is 10.0 Å². The maximum absolute atomic E-state index is 14.4. The van der Waals surface area contributed by atoms with Gasteiger partial charge in [0, 0.05) is 31.6 Å². The molecule has 5 aromatic rings. The van der Waals surface area contributed by atoms with Gasteiger partial charge in [0.25, 0.3) is 5.56 Å². The molecule has 4 aromatic carbocycles. The van der Waals surface area contributed by atoms with E-state index in [2.05, 4.69) is 0 Å². The van der Waals surface area contributed by atoms with Crippen LogP contribution >= 0.6 is 46.3 Å². The van der Waals surface area contributed by atoms with Crippen LogP contribution in [0, 0.1) is 0 Å². The number of hydrogen-bond acceptors (Lipinski definition) is 8. The second-order valence-electron chi connectivity index (χ2n) is 10.6. The van der Waals surface area contributed by atoms with Gasteiger partial charge >= 0.3 is 5.97 Å². The van der Waals surface area contributed by atoms with Crippen molar-refractivity contribution in [2.24, 2.45) is 4.99 Å². The van der Waals surface area contributed by atoms with E-state index in [1.165, 1.54) is 11.3 Å². The van der Waals surface area contributed by atoms with Crippen molar-refractivity contribution in [3.8, 4) is 11.5 Å². The minimum atomic E-state index is -0.776. The van der Waals surface area contributed by atoms with Crippen LogP contribution in [0.5, 0.6) is 11.5 Å². The van der Waals surface area contributed by atoms with Gasteiger partial charge in [-0.2, -0.15) is 0 Å². The standard InChI is InChI=1S/C37H30Cl2N2O5S2/c1-4-45-36(43)31-32(22-9-6-5-7-10-22)40-37-41(33(31)23-14-17-27(47-3)18-15-23)35(42)30(48-37)19-24-11-8-12-29(44-2)34(24)46-21-25-13-16-26(38)20-28(25)39/h5-20,33H,4,21H2,1-3H3/b30-19-/t33-/m0/s1. The third kappa shape index (κ3) is 6.82. The molecule has 0 aliphatic carbocycles. The van der Waals surface area contributed by atoms with E-state index in [0.717, 1.165) is 21.6 Å². The zero-order valence-corrected chi connectivity index (χ0v) is 29.4. The molecule has 1 atom stereocenters. The van der Waals surface area contributed by atoms with Crippen molar-refractivity contribution >= 4 is 64.0 Å². The number of para-hydroxylation sites is 1. The smallest absolute Gasteiger partial charge is 0.338 e. The van der Waals surface area contributed by atoms with E-state index in [-0.39, 0.29) is 18.8 Å². The third-order valence-corrected chi connectivity index (χ3v) is 10.0. The molecule has 0 fully saturated rings. The number of ether oxygens (including phenoxy) is 3. The second kappa shape index (κ2) is 14.9. The first kappa shape index (κ1) is 33.6. The second-order valence-corrected chi connectivity index (χ2v) is 13.3. The number of thioether (sulfide) groups is 1. The van der Waals surface area contributed by atoms with Gasteiger partial charge in [0.05, 0.1) is 35.6 Å². The lowest BCUT2D eigenvalue weighted by Crippen LogP contribution is -2.40. The summed E-state index contributed by atoms with van der Waals surface area (Å²) in [6.45, 7) is 2.08. The Labute approximate surface area is 295 Å². The number of halogens is 2. The molecule has 1 aliphatic rings. The Bertz CT molecular complexity index is 2200. The first-order chi connectivity index (χ1) is 23.3. The zero-order valence-electron chi connectivity index (χ0n) is 26.2. The highest BCUT2D eigenvalue weighted by atomic mass is 35.5. The molecule has 0 spiro atoms. The number of fused-ring (bicyclic) bond motifs is 1. The largest absolute Gasteiger partial charge is 0.493 e. The average Bonchev–Trinajstić information content (AvgIpc) is 3.41. The molecule has 0 saturated heterocycles. The average molecular weight is 718 g/mol. The molecule has 0 unspecified atom stereocenters. The molecule has 244 valence electrons. The predicted molar refractivity (Wildman–Crippen MR) is 193 cm³/mol. The number of hydrogen-bond donors (Lipinski definition) is 0. The van der Waals surface area contributed by atoms with E-state index in [4.69, 9.17) is 42.4 Å². The molecule has 11 heteroatoms. The fourth-order valence-corrected chi connectivity index (χ4v) is 7.30. The number of methoxy groups -OCH3 is 1. The quantitative estimate of drug-likeness (QED) is 0.110. The molecule has 0 N–H and O–H groups in total. The van der Waals surface area contributed by atoms with Crippen molar-refractivity contribution < 1.29 is 19.0 Å². The highest BCUT2D eigenvalue weighted by Gasteiger charge is 2.35. The lowest BCUT2D eigenvalue weighted by Gasteiger charge is -2.26. The third-order valence-electron chi connectivity index (χ3n) is 7.71. The summed E-state index contributed by atoms with van der Waals surface area (Å²) in [4.78, 5) is 34.6. The number of carbonyl (C=O) groups is 1. The molecule has 0 amide bonds.